The summed E-state index contributed by atoms with van der Waals surface area (Å²) in [5.74, 6) is 1.98. The molecular formula is C19H23N3O2. The summed E-state index contributed by atoms with van der Waals surface area (Å²) >= 11 is 0. The predicted molar refractivity (Wildman–Crippen MR) is 94.1 cm³/mol. The Hall–Kier alpha value is -2.30. The lowest BCUT2D eigenvalue weighted by molar-refractivity contribution is -0.126. The molecule has 1 amide bonds. The van der Waals surface area contributed by atoms with Crippen LogP contribution in [0.25, 0.3) is 10.9 Å². The van der Waals surface area contributed by atoms with Gasteiger partial charge in [0.1, 0.15) is 5.75 Å². The highest BCUT2D eigenvalue weighted by Gasteiger charge is 2.27. The summed E-state index contributed by atoms with van der Waals surface area (Å²) in [5.41, 5.74) is 5.19. The van der Waals surface area contributed by atoms with Crippen LogP contribution in [0.2, 0.25) is 0 Å². The number of benzene rings is 1. The van der Waals surface area contributed by atoms with E-state index in [4.69, 9.17) is 9.72 Å². The number of fused-ring (bicyclic) bond motifs is 2. The maximum absolute atomic E-state index is 12.5. The highest BCUT2D eigenvalue weighted by Crippen LogP contribution is 2.30. The Morgan fingerprint density at radius 1 is 1.25 bits per heavy atom. The summed E-state index contributed by atoms with van der Waals surface area (Å²) < 4.78 is 5.29. The minimum atomic E-state index is 0.148. The monoisotopic (exact) mass is 325 g/mol. The average Bonchev–Trinajstić information content (AvgIpc) is 3.01. The van der Waals surface area contributed by atoms with E-state index in [1.165, 1.54) is 12.0 Å². The molecule has 2 heterocycles. The van der Waals surface area contributed by atoms with E-state index >= 15 is 0 Å². The summed E-state index contributed by atoms with van der Waals surface area (Å²) in [5, 5.41) is 3.03. The molecule has 0 atom stereocenters. The third kappa shape index (κ3) is 2.79. The zero-order valence-electron chi connectivity index (χ0n) is 14.0. The van der Waals surface area contributed by atoms with Gasteiger partial charge in [0.05, 0.1) is 12.6 Å². The van der Waals surface area contributed by atoms with E-state index in [2.05, 4.69) is 11.5 Å². The van der Waals surface area contributed by atoms with Gasteiger partial charge in [-0.25, -0.2) is 4.98 Å². The molecule has 24 heavy (non-hydrogen) atoms. The van der Waals surface area contributed by atoms with E-state index < -0.39 is 0 Å². The molecule has 0 spiro atoms. The Morgan fingerprint density at radius 3 is 2.88 bits per heavy atom. The average molecular weight is 325 g/mol. The molecule has 5 heteroatoms. The number of rotatable bonds is 3. The fourth-order valence-electron chi connectivity index (χ4n) is 3.76. The minimum absolute atomic E-state index is 0.148. The van der Waals surface area contributed by atoms with E-state index in [1.807, 2.05) is 23.2 Å². The van der Waals surface area contributed by atoms with E-state index in [-0.39, 0.29) is 11.8 Å². The number of hydrogen-bond donors (Lipinski definition) is 1. The molecule has 2 aliphatic rings. The molecule has 1 aliphatic carbocycles. The van der Waals surface area contributed by atoms with E-state index in [1.54, 1.807) is 7.11 Å². The maximum Gasteiger partial charge on any atom is 0.241 e. The molecule has 1 aromatic carbocycles. The second-order valence-electron chi connectivity index (χ2n) is 6.74. The zero-order valence-corrected chi connectivity index (χ0v) is 14.0. The van der Waals surface area contributed by atoms with Crippen LogP contribution in [0, 0.1) is 5.92 Å². The van der Waals surface area contributed by atoms with Gasteiger partial charge < -0.3 is 4.74 Å². The van der Waals surface area contributed by atoms with Crippen LogP contribution < -0.4 is 15.2 Å². The van der Waals surface area contributed by atoms with Gasteiger partial charge >= 0.3 is 0 Å². The Kier molecular flexibility index (Phi) is 4.00. The number of aromatic nitrogens is 1. The molecule has 0 saturated heterocycles. The summed E-state index contributed by atoms with van der Waals surface area (Å²) in [6, 6.07) is 8.09. The number of methoxy groups -OCH3 is 1. The van der Waals surface area contributed by atoms with Crippen molar-refractivity contribution in [3.63, 3.8) is 0 Å². The fourth-order valence-corrected chi connectivity index (χ4v) is 3.76. The number of carbonyl (C=O) groups excluding carboxylic acids is 1. The molecule has 5 nitrogen and oxygen atoms in total. The number of hydrogen-bond acceptors (Lipinski definition) is 4. The van der Waals surface area contributed by atoms with Crippen LogP contribution in [-0.4, -0.2) is 24.5 Å². The Bertz CT molecular complexity index is 769. The van der Waals surface area contributed by atoms with Crippen LogP contribution in [0.5, 0.6) is 5.75 Å². The van der Waals surface area contributed by atoms with Gasteiger partial charge in [0.15, 0.2) is 5.82 Å². The predicted octanol–water partition coefficient (Wildman–Crippen LogP) is 3.22. The van der Waals surface area contributed by atoms with Gasteiger partial charge in [-0.15, -0.1) is 0 Å². The first kappa shape index (κ1) is 15.2. The van der Waals surface area contributed by atoms with Crippen LogP contribution in [-0.2, 0) is 11.2 Å². The van der Waals surface area contributed by atoms with Gasteiger partial charge in [-0.3, -0.25) is 15.2 Å². The zero-order chi connectivity index (χ0) is 16.5. The third-order valence-electron chi connectivity index (χ3n) is 5.16. The van der Waals surface area contributed by atoms with Crippen molar-refractivity contribution in [1.82, 2.24) is 10.4 Å². The molecule has 126 valence electrons. The van der Waals surface area contributed by atoms with Crippen molar-refractivity contribution in [1.29, 1.82) is 0 Å². The minimum Gasteiger partial charge on any atom is -0.497 e. The topological polar surface area (TPSA) is 54.5 Å². The molecule has 1 fully saturated rings. The van der Waals surface area contributed by atoms with Crippen LogP contribution in [0.3, 0.4) is 0 Å². The van der Waals surface area contributed by atoms with Crippen molar-refractivity contribution in [2.45, 2.75) is 38.5 Å². The molecule has 0 radical (unpaired) electrons. The number of amides is 1. The number of nitrogens with zero attached hydrogens (tertiary/aromatic N) is 2. The largest absolute Gasteiger partial charge is 0.497 e. The van der Waals surface area contributed by atoms with Gasteiger partial charge in [0.25, 0.3) is 0 Å². The normalized spacial score (nSPS) is 17.8. The molecular weight excluding hydrogens is 302 g/mol. The Balaban J connectivity index is 1.58. The van der Waals surface area contributed by atoms with Crippen molar-refractivity contribution >= 4 is 22.6 Å². The highest BCUT2D eigenvalue weighted by atomic mass is 16.5. The molecule has 1 aromatic heterocycles. The van der Waals surface area contributed by atoms with Gasteiger partial charge in [0.2, 0.25) is 5.91 Å². The second-order valence-corrected chi connectivity index (χ2v) is 6.74. The van der Waals surface area contributed by atoms with Crippen LogP contribution in [0.15, 0.2) is 24.3 Å². The molecule has 2 aromatic rings. The van der Waals surface area contributed by atoms with Gasteiger partial charge in [0, 0.05) is 23.9 Å². The summed E-state index contributed by atoms with van der Waals surface area (Å²) in [6.07, 6.45) is 6.51. The van der Waals surface area contributed by atoms with Crippen molar-refractivity contribution in [3.8, 4) is 5.75 Å². The van der Waals surface area contributed by atoms with Gasteiger partial charge in [-0.05, 0) is 43.0 Å². The Morgan fingerprint density at radius 2 is 2.08 bits per heavy atom. The van der Waals surface area contributed by atoms with Crippen molar-refractivity contribution in [2.24, 2.45) is 5.92 Å². The Labute approximate surface area is 142 Å². The number of ether oxygens (including phenoxy) is 1. The van der Waals surface area contributed by atoms with E-state index in [0.29, 0.717) is 0 Å². The summed E-state index contributed by atoms with van der Waals surface area (Å²) in [4.78, 5) is 17.3. The second kappa shape index (κ2) is 6.30. The van der Waals surface area contributed by atoms with Crippen molar-refractivity contribution in [3.05, 3.63) is 29.8 Å². The lowest BCUT2D eigenvalue weighted by atomic mass is 9.89. The molecule has 0 unspecified atom stereocenters. The quantitative estimate of drug-likeness (QED) is 0.941. The van der Waals surface area contributed by atoms with Crippen LogP contribution >= 0.6 is 0 Å². The van der Waals surface area contributed by atoms with Crippen molar-refractivity contribution in [2.75, 3.05) is 18.7 Å². The molecule has 1 aliphatic heterocycles. The first-order valence-electron chi connectivity index (χ1n) is 8.80. The number of nitrogens with one attached hydrogen (secondary N) is 1. The maximum atomic E-state index is 12.5. The van der Waals surface area contributed by atoms with Crippen LogP contribution in [0.4, 0.5) is 5.82 Å². The molecule has 1 N–H and O–H groups in total. The highest BCUT2D eigenvalue weighted by molar-refractivity contribution is 5.85. The lowest BCUT2D eigenvalue weighted by Crippen LogP contribution is -2.45. The first-order valence-corrected chi connectivity index (χ1v) is 8.80. The third-order valence-corrected chi connectivity index (χ3v) is 5.16. The van der Waals surface area contributed by atoms with Gasteiger partial charge in [-0.1, -0.05) is 19.3 Å². The number of pyridine rings is 1. The standard InChI is InChI=1S/C19H23N3O2/c1-24-16-8-7-14-11-15-9-10-22(18(15)20-17(14)12-16)21-19(23)13-5-3-2-4-6-13/h7-8,11-13H,2-6,9-10H2,1H3,(H,21,23). The van der Waals surface area contributed by atoms with Gasteiger partial charge in [-0.2, -0.15) is 0 Å². The molecule has 4 rings (SSSR count). The number of hydrazine groups is 1. The van der Waals surface area contributed by atoms with Crippen molar-refractivity contribution < 1.29 is 9.53 Å². The summed E-state index contributed by atoms with van der Waals surface area (Å²) in [6.45, 7) is 0.786. The van der Waals surface area contributed by atoms with E-state index in [9.17, 15) is 4.79 Å². The first-order chi connectivity index (χ1) is 11.7. The van der Waals surface area contributed by atoms with E-state index in [0.717, 1.165) is 61.1 Å². The molecule has 1 saturated carbocycles. The fraction of sp³-hybridized carbons (Fsp3) is 0.474. The van der Waals surface area contributed by atoms with Crippen LogP contribution in [0.1, 0.15) is 37.7 Å². The smallest absolute Gasteiger partial charge is 0.241 e. The SMILES string of the molecule is COc1ccc2cc3c(nc2c1)N(NC(=O)C1CCCCC1)CC3. The number of carbonyl (C=O) groups is 1. The lowest BCUT2D eigenvalue weighted by Gasteiger charge is -2.25. The summed E-state index contributed by atoms with van der Waals surface area (Å²) in [7, 11) is 1.66. The number of anilines is 1. The molecule has 0 bridgehead atoms.